The van der Waals surface area contributed by atoms with Crippen LogP contribution in [0.15, 0.2) is 24.3 Å². The summed E-state index contributed by atoms with van der Waals surface area (Å²) in [5.41, 5.74) is 0.812. The lowest BCUT2D eigenvalue weighted by molar-refractivity contribution is 0.127. The van der Waals surface area contributed by atoms with Gasteiger partial charge in [-0.2, -0.15) is 0 Å². The Bertz CT molecular complexity index is 365. The molecule has 94 valence electrons. The topological polar surface area (TPSA) is 6.48 Å². The Balaban J connectivity index is 1.97. The van der Waals surface area contributed by atoms with Crippen molar-refractivity contribution in [1.29, 1.82) is 0 Å². The zero-order valence-electron chi connectivity index (χ0n) is 10.7. The summed E-state index contributed by atoms with van der Waals surface area (Å²) >= 11 is 0. The second-order valence-electron chi connectivity index (χ2n) is 5.09. The van der Waals surface area contributed by atoms with Gasteiger partial charge in [0.1, 0.15) is 5.82 Å². The van der Waals surface area contributed by atoms with Crippen LogP contribution in [0.3, 0.4) is 0 Å². The maximum absolute atomic E-state index is 13.6. The lowest BCUT2D eigenvalue weighted by Crippen LogP contribution is -2.44. The highest BCUT2D eigenvalue weighted by molar-refractivity contribution is 5.17. The summed E-state index contributed by atoms with van der Waals surface area (Å²) in [7, 11) is 4.24. The van der Waals surface area contributed by atoms with Gasteiger partial charge in [-0.05, 0) is 39.5 Å². The maximum Gasteiger partial charge on any atom is 0.127 e. The van der Waals surface area contributed by atoms with Crippen LogP contribution >= 0.6 is 0 Å². The third-order valence-electron chi connectivity index (χ3n) is 3.56. The molecule has 1 aromatic rings. The average molecular weight is 236 g/mol. The van der Waals surface area contributed by atoms with E-state index in [9.17, 15) is 4.39 Å². The van der Waals surface area contributed by atoms with Gasteiger partial charge in [-0.15, -0.1) is 0 Å². The fraction of sp³-hybridized carbons (Fsp3) is 0.571. The highest BCUT2D eigenvalue weighted by atomic mass is 19.1. The molecule has 0 N–H and O–H groups in total. The molecule has 0 spiro atoms. The summed E-state index contributed by atoms with van der Waals surface area (Å²) in [6.07, 6.45) is 2.46. The Morgan fingerprint density at radius 1 is 1.35 bits per heavy atom. The molecule has 1 aliphatic heterocycles. The molecule has 3 heteroatoms. The van der Waals surface area contributed by atoms with E-state index in [1.54, 1.807) is 12.1 Å². The van der Waals surface area contributed by atoms with Gasteiger partial charge >= 0.3 is 0 Å². The predicted molar refractivity (Wildman–Crippen MR) is 68.4 cm³/mol. The quantitative estimate of drug-likeness (QED) is 0.795. The summed E-state index contributed by atoms with van der Waals surface area (Å²) in [6, 6.07) is 7.69. The van der Waals surface area contributed by atoms with Crippen LogP contribution in [0.25, 0.3) is 0 Å². The number of likely N-dealkylation sites (tertiary alicyclic amines) is 1. The molecule has 1 heterocycles. The number of benzene rings is 1. The van der Waals surface area contributed by atoms with Crippen molar-refractivity contribution in [3.8, 4) is 0 Å². The van der Waals surface area contributed by atoms with Crippen molar-refractivity contribution in [3.63, 3.8) is 0 Å². The smallest absolute Gasteiger partial charge is 0.127 e. The minimum Gasteiger partial charge on any atom is -0.305 e. The molecule has 0 bridgehead atoms. The second-order valence-corrected chi connectivity index (χ2v) is 5.09. The lowest BCUT2D eigenvalue weighted by Gasteiger charge is -2.36. The summed E-state index contributed by atoms with van der Waals surface area (Å²) < 4.78 is 13.6. The largest absolute Gasteiger partial charge is 0.305 e. The Morgan fingerprint density at radius 2 is 2.12 bits per heavy atom. The fourth-order valence-electron chi connectivity index (χ4n) is 2.46. The molecule has 17 heavy (non-hydrogen) atoms. The first-order valence-corrected chi connectivity index (χ1v) is 6.29. The van der Waals surface area contributed by atoms with E-state index >= 15 is 0 Å². The second kappa shape index (κ2) is 5.61. The molecule has 0 radical (unpaired) electrons. The fourth-order valence-corrected chi connectivity index (χ4v) is 2.46. The van der Waals surface area contributed by atoms with Crippen molar-refractivity contribution in [3.05, 3.63) is 35.6 Å². The average Bonchev–Trinajstić information content (AvgIpc) is 2.32. The molecule has 1 aliphatic rings. The SMILES string of the molecule is CN(C)[C@H]1CCCN(Cc2ccccc2F)C1. The monoisotopic (exact) mass is 236 g/mol. The maximum atomic E-state index is 13.6. The normalized spacial score (nSPS) is 22.0. The Hall–Kier alpha value is -0.930. The standard InChI is InChI=1S/C14H21FN2/c1-16(2)13-7-5-9-17(11-13)10-12-6-3-4-8-14(12)15/h3-4,6,8,13H,5,7,9-11H2,1-2H3/t13-/m0/s1. The summed E-state index contributed by atoms with van der Waals surface area (Å²) in [6.45, 7) is 2.86. The van der Waals surface area contributed by atoms with E-state index in [0.717, 1.165) is 25.2 Å². The van der Waals surface area contributed by atoms with Crippen LogP contribution in [-0.4, -0.2) is 43.0 Å². The molecule has 1 saturated heterocycles. The van der Waals surface area contributed by atoms with E-state index in [1.165, 1.54) is 12.8 Å². The van der Waals surface area contributed by atoms with Crippen molar-refractivity contribution in [2.24, 2.45) is 0 Å². The predicted octanol–water partition coefficient (Wildman–Crippen LogP) is 2.35. The van der Waals surface area contributed by atoms with Crippen LogP contribution in [-0.2, 0) is 6.54 Å². The first-order valence-electron chi connectivity index (χ1n) is 6.29. The zero-order valence-corrected chi connectivity index (χ0v) is 10.7. The third kappa shape index (κ3) is 3.27. The number of halogens is 1. The molecule has 2 rings (SSSR count). The van der Waals surface area contributed by atoms with Gasteiger partial charge in [-0.25, -0.2) is 4.39 Å². The highest BCUT2D eigenvalue weighted by Gasteiger charge is 2.21. The van der Waals surface area contributed by atoms with E-state index < -0.39 is 0 Å². The molecule has 0 aromatic heterocycles. The van der Waals surface area contributed by atoms with Crippen molar-refractivity contribution >= 4 is 0 Å². The first kappa shape index (κ1) is 12.5. The molecule has 1 fully saturated rings. The van der Waals surface area contributed by atoms with E-state index in [1.807, 2.05) is 12.1 Å². The van der Waals surface area contributed by atoms with Gasteiger partial charge in [-0.1, -0.05) is 18.2 Å². The summed E-state index contributed by atoms with van der Waals surface area (Å²) in [5, 5.41) is 0. The van der Waals surface area contributed by atoms with Crippen LogP contribution in [0, 0.1) is 5.82 Å². The molecule has 0 unspecified atom stereocenters. The minimum absolute atomic E-state index is 0.0838. The number of likely N-dealkylation sites (N-methyl/N-ethyl adjacent to an activating group) is 1. The highest BCUT2D eigenvalue weighted by Crippen LogP contribution is 2.17. The third-order valence-corrected chi connectivity index (χ3v) is 3.56. The molecule has 0 amide bonds. The van der Waals surface area contributed by atoms with Crippen molar-refractivity contribution in [2.45, 2.75) is 25.4 Å². The summed E-state index contributed by atoms with van der Waals surface area (Å²) in [4.78, 5) is 4.63. The molecular weight excluding hydrogens is 215 g/mol. The Morgan fingerprint density at radius 3 is 2.82 bits per heavy atom. The van der Waals surface area contributed by atoms with Gasteiger partial charge in [-0.3, -0.25) is 4.90 Å². The number of rotatable bonds is 3. The van der Waals surface area contributed by atoms with Gasteiger partial charge in [0.15, 0.2) is 0 Å². The first-order chi connectivity index (χ1) is 8.16. The number of hydrogen-bond acceptors (Lipinski definition) is 2. The van der Waals surface area contributed by atoms with E-state index in [2.05, 4.69) is 23.9 Å². The van der Waals surface area contributed by atoms with Crippen LogP contribution in [0.1, 0.15) is 18.4 Å². The van der Waals surface area contributed by atoms with Crippen LogP contribution < -0.4 is 0 Å². The molecule has 0 aliphatic carbocycles. The van der Waals surface area contributed by atoms with E-state index in [4.69, 9.17) is 0 Å². The molecule has 1 aromatic carbocycles. The number of hydrogen-bond donors (Lipinski definition) is 0. The van der Waals surface area contributed by atoms with E-state index in [0.29, 0.717) is 6.04 Å². The van der Waals surface area contributed by atoms with Crippen molar-refractivity contribution in [1.82, 2.24) is 9.80 Å². The van der Waals surface area contributed by atoms with Crippen LogP contribution in [0.4, 0.5) is 4.39 Å². The number of piperidine rings is 1. The molecule has 0 saturated carbocycles. The molecular formula is C14H21FN2. The Labute approximate surface area is 103 Å². The van der Waals surface area contributed by atoms with Crippen LogP contribution in [0.2, 0.25) is 0 Å². The van der Waals surface area contributed by atoms with Crippen LogP contribution in [0.5, 0.6) is 0 Å². The van der Waals surface area contributed by atoms with Crippen molar-refractivity contribution in [2.75, 3.05) is 27.2 Å². The van der Waals surface area contributed by atoms with Gasteiger partial charge in [0.2, 0.25) is 0 Å². The summed E-state index contributed by atoms with van der Waals surface area (Å²) in [5.74, 6) is -0.0838. The molecule has 1 atom stereocenters. The number of nitrogens with zero attached hydrogens (tertiary/aromatic N) is 2. The van der Waals surface area contributed by atoms with Gasteiger partial charge in [0, 0.05) is 24.7 Å². The lowest BCUT2D eigenvalue weighted by atomic mass is 10.0. The van der Waals surface area contributed by atoms with Gasteiger partial charge < -0.3 is 4.90 Å². The van der Waals surface area contributed by atoms with Gasteiger partial charge in [0.25, 0.3) is 0 Å². The van der Waals surface area contributed by atoms with E-state index in [-0.39, 0.29) is 5.82 Å². The molecule has 2 nitrogen and oxygen atoms in total. The van der Waals surface area contributed by atoms with Crippen molar-refractivity contribution < 1.29 is 4.39 Å². The van der Waals surface area contributed by atoms with Gasteiger partial charge in [0.05, 0.1) is 0 Å². The minimum atomic E-state index is -0.0838. The Kier molecular flexibility index (Phi) is 4.13. The zero-order chi connectivity index (χ0) is 12.3.